The number of sulfonamides is 1. The lowest BCUT2D eigenvalue weighted by atomic mass is 9.89. The van der Waals surface area contributed by atoms with Crippen LogP contribution in [0.5, 0.6) is 5.75 Å². The third-order valence-electron chi connectivity index (χ3n) is 3.45. The second kappa shape index (κ2) is 5.65. The molecule has 1 aliphatic rings. The minimum atomic E-state index is -4.25. The molecule has 0 saturated heterocycles. The SMILES string of the molecule is CC1CCCC(Oc2c(F)cc(F)cc2S(N)(=O)=O)C1. The molecule has 0 aliphatic heterocycles. The average Bonchev–Trinajstić information content (AvgIpc) is 2.31. The first kappa shape index (κ1) is 15.2. The Labute approximate surface area is 117 Å². The van der Waals surface area contributed by atoms with Gasteiger partial charge in [-0.25, -0.2) is 22.3 Å². The number of halogens is 2. The third kappa shape index (κ3) is 3.46. The first-order valence-corrected chi connectivity index (χ1v) is 8.00. The zero-order valence-corrected chi connectivity index (χ0v) is 11.9. The van der Waals surface area contributed by atoms with E-state index in [4.69, 9.17) is 9.88 Å². The fourth-order valence-corrected chi connectivity index (χ4v) is 3.20. The van der Waals surface area contributed by atoms with Crippen molar-refractivity contribution in [1.29, 1.82) is 0 Å². The standard InChI is InChI=1S/C13H17F2NO3S/c1-8-3-2-4-10(5-8)19-13-11(15)6-9(14)7-12(13)20(16,17)18/h6-8,10H,2-5H2,1H3,(H2,16,17,18). The van der Waals surface area contributed by atoms with Crippen LogP contribution in [0, 0.1) is 17.6 Å². The Morgan fingerprint density at radius 3 is 2.60 bits per heavy atom. The van der Waals surface area contributed by atoms with Gasteiger partial charge in [-0.1, -0.05) is 13.3 Å². The Balaban J connectivity index is 2.35. The van der Waals surface area contributed by atoms with E-state index in [1.165, 1.54) is 0 Å². The van der Waals surface area contributed by atoms with Gasteiger partial charge in [0.05, 0.1) is 6.10 Å². The molecule has 2 N–H and O–H groups in total. The number of nitrogens with two attached hydrogens (primary N) is 1. The summed E-state index contributed by atoms with van der Waals surface area (Å²) in [4.78, 5) is -0.645. The summed E-state index contributed by atoms with van der Waals surface area (Å²) in [5, 5.41) is 4.99. The molecule has 0 bridgehead atoms. The summed E-state index contributed by atoms with van der Waals surface area (Å²) in [6, 6.07) is 1.27. The lowest BCUT2D eigenvalue weighted by molar-refractivity contribution is 0.120. The van der Waals surface area contributed by atoms with Gasteiger partial charge in [-0.15, -0.1) is 0 Å². The van der Waals surface area contributed by atoms with Gasteiger partial charge in [-0.05, 0) is 31.2 Å². The summed E-state index contributed by atoms with van der Waals surface area (Å²) in [6.45, 7) is 2.05. The fraction of sp³-hybridized carbons (Fsp3) is 0.538. The third-order valence-corrected chi connectivity index (χ3v) is 4.37. The number of ether oxygens (including phenoxy) is 1. The summed E-state index contributed by atoms with van der Waals surface area (Å²) in [5.41, 5.74) is 0. The Hall–Kier alpha value is -1.21. The first-order valence-electron chi connectivity index (χ1n) is 6.46. The predicted molar refractivity (Wildman–Crippen MR) is 69.8 cm³/mol. The maximum absolute atomic E-state index is 13.8. The minimum absolute atomic E-state index is 0.279. The molecule has 1 aromatic rings. The van der Waals surface area contributed by atoms with Crippen LogP contribution in [0.1, 0.15) is 32.6 Å². The van der Waals surface area contributed by atoms with E-state index in [9.17, 15) is 17.2 Å². The maximum atomic E-state index is 13.8. The summed E-state index contributed by atoms with van der Waals surface area (Å²) in [5.74, 6) is -2.11. The normalized spacial score (nSPS) is 23.6. The van der Waals surface area contributed by atoms with E-state index in [1.54, 1.807) is 0 Å². The highest BCUT2D eigenvalue weighted by Gasteiger charge is 2.26. The van der Waals surface area contributed by atoms with Gasteiger partial charge < -0.3 is 4.74 Å². The molecule has 1 aliphatic carbocycles. The molecule has 0 aromatic heterocycles. The van der Waals surface area contributed by atoms with Crippen molar-refractivity contribution in [2.24, 2.45) is 11.1 Å². The zero-order valence-electron chi connectivity index (χ0n) is 11.1. The van der Waals surface area contributed by atoms with Crippen molar-refractivity contribution in [1.82, 2.24) is 0 Å². The average molecular weight is 305 g/mol. The van der Waals surface area contributed by atoms with Crippen LogP contribution in [-0.2, 0) is 10.0 Å². The molecule has 0 amide bonds. The van der Waals surface area contributed by atoms with Crippen LogP contribution >= 0.6 is 0 Å². The van der Waals surface area contributed by atoms with Gasteiger partial charge in [0.15, 0.2) is 11.6 Å². The van der Waals surface area contributed by atoms with Crippen LogP contribution in [0.3, 0.4) is 0 Å². The highest BCUT2D eigenvalue weighted by molar-refractivity contribution is 7.89. The number of benzene rings is 1. The van der Waals surface area contributed by atoms with Crippen LogP contribution in [-0.4, -0.2) is 14.5 Å². The molecule has 1 saturated carbocycles. The zero-order chi connectivity index (χ0) is 14.9. The Morgan fingerprint density at radius 2 is 2.00 bits per heavy atom. The molecule has 20 heavy (non-hydrogen) atoms. The molecule has 0 spiro atoms. The highest BCUT2D eigenvalue weighted by atomic mass is 32.2. The van der Waals surface area contributed by atoms with Crippen LogP contribution in [0.4, 0.5) is 8.78 Å². The number of rotatable bonds is 3. The lowest BCUT2D eigenvalue weighted by Crippen LogP contribution is -2.26. The smallest absolute Gasteiger partial charge is 0.241 e. The van der Waals surface area contributed by atoms with Crippen molar-refractivity contribution in [3.05, 3.63) is 23.8 Å². The molecule has 1 fully saturated rings. The van der Waals surface area contributed by atoms with Crippen LogP contribution in [0.2, 0.25) is 0 Å². The summed E-state index contributed by atoms with van der Waals surface area (Å²) in [7, 11) is -4.25. The summed E-state index contributed by atoms with van der Waals surface area (Å²) < 4.78 is 55.3. The molecular formula is C13H17F2NO3S. The fourth-order valence-electron chi connectivity index (χ4n) is 2.51. The molecule has 2 atom stereocenters. The topological polar surface area (TPSA) is 69.4 Å². The van der Waals surface area contributed by atoms with Gasteiger partial charge in [-0.3, -0.25) is 0 Å². The van der Waals surface area contributed by atoms with Crippen molar-refractivity contribution in [2.75, 3.05) is 0 Å². The van der Waals surface area contributed by atoms with Crippen LogP contribution < -0.4 is 9.88 Å². The summed E-state index contributed by atoms with van der Waals surface area (Å²) >= 11 is 0. The van der Waals surface area contributed by atoms with Gasteiger partial charge in [0.2, 0.25) is 10.0 Å². The molecule has 2 rings (SSSR count). The van der Waals surface area contributed by atoms with Gasteiger partial charge in [0, 0.05) is 6.07 Å². The van der Waals surface area contributed by atoms with Gasteiger partial charge >= 0.3 is 0 Å². The van der Waals surface area contributed by atoms with E-state index in [0.29, 0.717) is 30.9 Å². The van der Waals surface area contributed by atoms with Crippen molar-refractivity contribution in [2.45, 2.75) is 43.6 Å². The Morgan fingerprint density at radius 1 is 1.30 bits per heavy atom. The van der Waals surface area contributed by atoms with E-state index < -0.39 is 32.3 Å². The molecular weight excluding hydrogens is 288 g/mol. The highest BCUT2D eigenvalue weighted by Crippen LogP contribution is 2.32. The Bertz CT molecular complexity index is 604. The quantitative estimate of drug-likeness (QED) is 0.933. The summed E-state index contributed by atoms with van der Waals surface area (Å²) in [6.07, 6.45) is 3.14. The lowest BCUT2D eigenvalue weighted by Gasteiger charge is -2.28. The minimum Gasteiger partial charge on any atom is -0.486 e. The Kier molecular flexibility index (Phi) is 4.29. The molecule has 2 unspecified atom stereocenters. The largest absolute Gasteiger partial charge is 0.486 e. The second-order valence-electron chi connectivity index (χ2n) is 5.27. The molecule has 7 heteroatoms. The number of hydrogen-bond acceptors (Lipinski definition) is 3. The number of primary sulfonamides is 1. The monoisotopic (exact) mass is 305 g/mol. The van der Waals surface area contributed by atoms with Crippen molar-refractivity contribution in [3.63, 3.8) is 0 Å². The van der Waals surface area contributed by atoms with Gasteiger partial charge in [-0.2, -0.15) is 0 Å². The molecule has 112 valence electrons. The van der Waals surface area contributed by atoms with E-state index in [-0.39, 0.29) is 6.10 Å². The van der Waals surface area contributed by atoms with Crippen molar-refractivity contribution < 1.29 is 21.9 Å². The van der Waals surface area contributed by atoms with E-state index in [0.717, 1.165) is 12.8 Å². The number of hydrogen-bond donors (Lipinski definition) is 1. The molecule has 4 nitrogen and oxygen atoms in total. The van der Waals surface area contributed by atoms with Gasteiger partial charge in [0.1, 0.15) is 10.7 Å². The van der Waals surface area contributed by atoms with Crippen molar-refractivity contribution in [3.8, 4) is 5.75 Å². The second-order valence-corrected chi connectivity index (χ2v) is 6.80. The van der Waals surface area contributed by atoms with Gasteiger partial charge in [0.25, 0.3) is 0 Å². The molecule has 0 radical (unpaired) electrons. The van der Waals surface area contributed by atoms with E-state index in [1.807, 2.05) is 0 Å². The maximum Gasteiger partial charge on any atom is 0.241 e. The van der Waals surface area contributed by atoms with E-state index in [2.05, 4.69) is 6.92 Å². The van der Waals surface area contributed by atoms with Crippen LogP contribution in [0.15, 0.2) is 17.0 Å². The molecule has 1 aromatic carbocycles. The van der Waals surface area contributed by atoms with Crippen LogP contribution in [0.25, 0.3) is 0 Å². The van der Waals surface area contributed by atoms with E-state index >= 15 is 0 Å². The predicted octanol–water partition coefficient (Wildman–Crippen LogP) is 2.57. The first-order chi connectivity index (χ1) is 9.27. The van der Waals surface area contributed by atoms with Crippen molar-refractivity contribution >= 4 is 10.0 Å². The molecule has 0 heterocycles.